The highest BCUT2D eigenvalue weighted by atomic mass is 16.5. The number of nitrogens with one attached hydrogen (secondary N) is 1. The fourth-order valence-electron chi connectivity index (χ4n) is 4.54. The fraction of sp³-hybridized carbons (Fsp3) is 0.583. The fourth-order valence-corrected chi connectivity index (χ4v) is 4.54. The number of fused-ring (bicyclic) bond motifs is 1. The molecule has 1 saturated heterocycles. The Bertz CT molecular complexity index is 1120. The Balaban J connectivity index is 1.72. The van der Waals surface area contributed by atoms with Gasteiger partial charge in [0.05, 0.1) is 17.7 Å². The predicted molar refractivity (Wildman–Crippen MR) is 125 cm³/mol. The van der Waals surface area contributed by atoms with Gasteiger partial charge in [-0.25, -0.2) is 4.68 Å². The number of tetrazole rings is 1. The van der Waals surface area contributed by atoms with Crippen molar-refractivity contribution in [1.82, 2.24) is 30.1 Å². The van der Waals surface area contributed by atoms with Gasteiger partial charge in [0.2, 0.25) is 0 Å². The molecular weight excluding hydrogens is 404 g/mol. The Morgan fingerprint density at radius 2 is 2.12 bits per heavy atom. The lowest BCUT2D eigenvalue weighted by Crippen LogP contribution is -2.39. The van der Waals surface area contributed by atoms with Crippen LogP contribution in [0.25, 0.3) is 10.9 Å². The summed E-state index contributed by atoms with van der Waals surface area (Å²) in [5.41, 5.74) is 2.49. The minimum atomic E-state index is -0.236. The summed E-state index contributed by atoms with van der Waals surface area (Å²) in [4.78, 5) is 18.3. The van der Waals surface area contributed by atoms with Crippen molar-refractivity contribution in [2.45, 2.75) is 78.1 Å². The van der Waals surface area contributed by atoms with Crippen LogP contribution >= 0.6 is 0 Å². The molecule has 3 aromatic rings. The average molecular weight is 439 g/mol. The number of rotatable bonds is 7. The minimum Gasteiger partial charge on any atom is -0.377 e. The number of ether oxygens (including phenoxy) is 1. The van der Waals surface area contributed by atoms with E-state index in [1.54, 1.807) is 0 Å². The van der Waals surface area contributed by atoms with Gasteiger partial charge < -0.3 is 9.72 Å². The second-order valence-corrected chi connectivity index (χ2v) is 9.82. The molecule has 1 aliphatic rings. The Labute approximate surface area is 189 Å². The molecule has 32 heavy (non-hydrogen) atoms. The van der Waals surface area contributed by atoms with Crippen LogP contribution in [-0.4, -0.2) is 49.3 Å². The minimum absolute atomic E-state index is 0.0268. The van der Waals surface area contributed by atoms with Gasteiger partial charge in [0, 0.05) is 30.8 Å². The van der Waals surface area contributed by atoms with Crippen molar-refractivity contribution in [3.63, 3.8) is 0 Å². The van der Waals surface area contributed by atoms with Gasteiger partial charge in [0.15, 0.2) is 5.82 Å². The number of pyridine rings is 1. The van der Waals surface area contributed by atoms with Gasteiger partial charge in [0.25, 0.3) is 5.56 Å². The van der Waals surface area contributed by atoms with Crippen molar-refractivity contribution in [3.8, 4) is 0 Å². The molecule has 1 N–H and O–H groups in total. The first kappa shape index (κ1) is 22.6. The normalized spacial score (nSPS) is 18.0. The van der Waals surface area contributed by atoms with Crippen LogP contribution < -0.4 is 5.56 Å². The third-order valence-electron chi connectivity index (χ3n) is 6.17. The van der Waals surface area contributed by atoms with E-state index in [0.717, 1.165) is 54.7 Å². The van der Waals surface area contributed by atoms with E-state index >= 15 is 0 Å². The average Bonchev–Trinajstić information content (AvgIpc) is 3.41. The molecule has 172 valence electrons. The maximum Gasteiger partial charge on any atom is 0.252 e. The number of hydrogen-bond donors (Lipinski definition) is 1. The maximum atomic E-state index is 13.0. The molecule has 2 aromatic heterocycles. The number of H-pyrrole nitrogens is 1. The standard InChI is InChI=1S/C24H34N6O2/c1-6-21(22-26-27-28-30(22)24(3,4)5)29(15-19-8-7-11-32-19)14-18-13-17-12-16(2)9-10-20(17)25-23(18)31/h9-10,12-13,19,21H,6-8,11,14-15H2,1-5H3,(H,25,31)/t19-,21+/m1/s1. The van der Waals surface area contributed by atoms with Crippen molar-refractivity contribution in [2.75, 3.05) is 13.2 Å². The molecular formula is C24H34N6O2. The monoisotopic (exact) mass is 438 g/mol. The molecule has 1 aliphatic heterocycles. The van der Waals surface area contributed by atoms with Gasteiger partial charge in [-0.3, -0.25) is 9.69 Å². The first-order chi connectivity index (χ1) is 15.3. The predicted octanol–water partition coefficient (Wildman–Crippen LogP) is 3.71. The zero-order valence-electron chi connectivity index (χ0n) is 19.8. The van der Waals surface area contributed by atoms with Crippen LogP contribution in [0.2, 0.25) is 0 Å². The van der Waals surface area contributed by atoms with Crippen LogP contribution in [0.15, 0.2) is 29.1 Å². The molecule has 0 spiro atoms. The third kappa shape index (κ3) is 4.76. The van der Waals surface area contributed by atoms with E-state index in [-0.39, 0.29) is 23.2 Å². The summed E-state index contributed by atoms with van der Waals surface area (Å²) < 4.78 is 7.86. The van der Waals surface area contributed by atoms with Crippen LogP contribution in [0.3, 0.4) is 0 Å². The van der Waals surface area contributed by atoms with E-state index in [1.807, 2.05) is 22.9 Å². The number of aryl methyl sites for hydroxylation is 1. The Morgan fingerprint density at radius 1 is 1.31 bits per heavy atom. The number of aromatic amines is 1. The van der Waals surface area contributed by atoms with E-state index in [2.05, 4.69) is 66.1 Å². The highest BCUT2D eigenvalue weighted by molar-refractivity contribution is 5.79. The molecule has 4 rings (SSSR count). The topological polar surface area (TPSA) is 88.9 Å². The lowest BCUT2D eigenvalue weighted by Gasteiger charge is -2.33. The second kappa shape index (κ2) is 9.11. The Morgan fingerprint density at radius 3 is 2.81 bits per heavy atom. The molecule has 3 heterocycles. The maximum absolute atomic E-state index is 13.0. The lowest BCUT2D eigenvalue weighted by atomic mass is 10.0. The van der Waals surface area contributed by atoms with Crippen LogP contribution in [0, 0.1) is 6.92 Å². The molecule has 0 amide bonds. The lowest BCUT2D eigenvalue weighted by molar-refractivity contribution is 0.0478. The number of nitrogens with zero attached hydrogens (tertiary/aromatic N) is 5. The van der Waals surface area contributed by atoms with Crippen LogP contribution in [0.1, 0.15) is 70.0 Å². The second-order valence-electron chi connectivity index (χ2n) is 9.82. The van der Waals surface area contributed by atoms with Gasteiger partial charge >= 0.3 is 0 Å². The van der Waals surface area contributed by atoms with Gasteiger partial charge in [-0.15, -0.1) is 5.10 Å². The van der Waals surface area contributed by atoms with Crippen LogP contribution in [-0.2, 0) is 16.8 Å². The van der Waals surface area contributed by atoms with E-state index in [0.29, 0.717) is 6.54 Å². The van der Waals surface area contributed by atoms with E-state index in [4.69, 9.17) is 4.74 Å². The molecule has 0 unspecified atom stereocenters. The van der Waals surface area contributed by atoms with Crippen molar-refractivity contribution >= 4 is 10.9 Å². The highest BCUT2D eigenvalue weighted by Crippen LogP contribution is 2.29. The van der Waals surface area contributed by atoms with Gasteiger partial charge in [-0.05, 0) is 81.0 Å². The van der Waals surface area contributed by atoms with Gasteiger partial charge in [-0.2, -0.15) is 0 Å². The zero-order chi connectivity index (χ0) is 22.9. The zero-order valence-corrected chi connectivity index (χ0v) is 19.8. The highest BCUT2D eigenvalue weighted by Gasteiger charge is 2.31. The van der Waals surface area contributed by atoms with Gasteiger partial charge in [-0.1, -0.05) is 18.6 Å². The summed E-state index contributed by atoms with van der Waals surface area (Å²) in [5.74, 6) is 0.825. The van der Waals surface area contributed by atoms with E-state index in [9.17, 15) is 4.79 Å². The van der Waals surface area contributed by atoms with Gasteiger partial charge in [0.1, 0.15) is 0 Å². The summed E-state index contributed by atoms with van der Waals surface area (Å²) in [7, 11) is 0. The largest absolute Gasteiger partial charge is 0.377 e. The summed E-state index contributed by atoms with van der Waals surface area (Å²) in [6.07, 6.45) is 3.09. The Kier molecular flexibility index (Phi) is 6.44. The van der Waals surface area contributed by atoms with Crippen molar-refractivity contribution in [2.24, 2.45) is 0 Å². The van der Waals surface area contributed by atoms with Crippen molar-refractivity contribution < 1.29 is 4.74 Å². The SMILES string of the molecule is CC[C@@H](c1nnnn1C(C)(C)C)N(Cc1cc2cc(C)ccc2[nH]c1=O)C[C@H]1CCCO1. The summed E-state index contributed by atoms with van der Waals surface area (Å²) in [6.45, 7) is 12.5. The summed E-state index contributed by atoms with van der Waals surface area (Å²) >= 11 is 0. The Hall–Kier alpha value is -2.58. The molecule has 2 atom stereocenters. The van der Waals surface area contributed by atoms with E-state index < -0.39 is 0 Å². The summed E-state index contributed by atoms with van der Waals surface area (Å²) in [6, 6.07) is 8.08. The molecule has 0 saturated carbocycles. The van der Waals surface area contributed by atoms with E-state index in [1.165, 1.54) is 5.56 Å². The first-order valence-electron chi connectivity index (χ1n) is 11.5. The molecule has 0 radical (unpaired) electrons. The number of aromatic nitrogens is 5. The number of hydrogen-bond acceptors (Lipinski definition) is 6. The number of benzene rings is 1. The quantitative estimate of drug-likeness (QED) is 0.605. The third-order valence-corrected chi connectivity index (χ3v) is 6.17. The first-order valence-corrected chi connectivity index (χ1v) is 11.5. The molecule has 1 aromatic carbocycles. The molecule has 0 aliphatic carbocycles. The molecule has 8 nitrogen and oxygen atoms in total. The molecule has 8 heteroatoms. The van der Waals surface area contributed by atoms with Crippen LogP contribution in [0.4, 0.5) is 0 Å². The van der Waals surface area contributed by atoms with Crippen molar-refractivity contribution in [1.29, 1.82) is 0 Å². The summed E-state index contributed by atoms with van der Waals surface area (Å²) in [5, 5.41) is 13.7. The molecule has 1 fully saturated rings. The van der Waals surface area contributed by atoms with Crippen LogP contribution in [0.5, 0.6) is 0 Å². The molecule has 0 bridgehead atoms. The van der Waals surface area contributed by atoms with Crippen molar-refractivity contribution in [3.05, 3.63) is 51.6 Å². The smallest absolute Gasteiger partial charge is 0.252 e.